The Balaban J connectivity index is 1.89. The molecule has 1 N–H and O–H groups in total. The number of carbonyl (C=O) groups excluding carboxylic acids is 1. The topological polar surface area (TPSA) is 63.2 Å². The molecule has 0 saturated carbocycles. The number of Topliss-reactive ketones (excluding diaryl/α,β-unsaturated/α-hetero) is 1. The second kappa shape index (κ2) is 6.03. The van der Waals surface area contributed by atoms with E-state index in [0.29, 0.717) is 18.0 Å². The Labute approximate surface area is 118 Å². The van der Waals surface area contributed by atoms with Crippen molar-refractivity contribution < 1.29 is 13.2 Å². The summed E-state index contributed by atoms with van der Waals surface area (Å²) >= 11 is 5.77. The summed E-state index contributed by atoms with van der Waals surface area (Å²) in [5.74, 6) is 0.255. The minimum atomic E-state index is -2.99. The van der Waals surface area contributed by atoms with Crippen LogP contribution in [0.3, 0.4) is 0 Å². The Morgan fingerprint density at radius 2 is 2.00 bits per heavy atom. The maximum atomic E-state index is 11.9. The smallest absolute Gasteiger partial charge is 0.153 e. The van der Waals surface area contributed by atoms with Crippen molar-refractivity contribution in [3.05, 3.63) is 34.9 Å². The fourth-order valence-electron chi connectivity index (χ4n) is 2.18. The number of sulfone groups is 1. The van der Waals surface area contributed by atoms with E-state index in [2.05, 4.69) is 5.32 Å². The first-order valence-corrected chi connectivity index (χ1v) is 8.34. The highest BCUT2D eigenvalue weighted by molar-refractivity contribution is 7.91. The lowest BCUT2D eigenvalue weighted by molar-refractivity contribution is -0.118. The van der Waals surface area contributed by atoms with Gasteiger partial charge in [-0.05, 0) is 17.7 Å². The molecule has 2 rings (SSSR count). The van der Waals surface area contributed by atoms with Crippen LogP contribution in [-0.2, 0) is 21.1 Å². The van der Waals surface area contributed by atoms with Gasteiger partial charge in [0.25, 0.3) is 0 Å². The second-order valence-electron chi connectivity index (χ2n) is 4.81. The summed E-state index contributed by atoms with van der Waals surface area (Å²) in [5, 5.41) is 3.71. The maximum Gasteiger partial charge on any atom is 0.153 e. The quantitative estimate of drug-likeness (QED) is 0.908. The van der Waals surface area contributed by atoms with Gasteiger partial charge in [-0.3, -0.25) is 4.79 Å². The van der Waals surface area contributed by atoms with Crippen molar-refractivity contribution in [2.45, 2.75) is 18.9 Å². The Kier molecular flexibility index (Phi) is 4.60. The van der Waals surface area contributed by atoms with E-state index in [1.54, 1.807) is 12.1 Å². The molecule has 0 bridgehead atoms. The van der Waals surface area contributed by atoms with Crippen molar-refractivity contribution in [3.63, 3.8) is 0 Å². The third-order valence-corrected chi connectivity index (χ3v) is 5.08. The molecule has 1 atom stereocenters. The molecular weight excluding hydrogens is 286 g/mol. The lowest BCUT2D eigenvalue weighted by Gasteiger charge is -2.22. The summed E-state index contributed by atoms with van der Waals surface area (Å²) in [7, 11) is -2.99. The summed E-state index contributed by atoms with van der Waals surface area (Å²) in [6, 6.07) is 6.86. The molecule has 0 amide bonds. The molecule has 1 heterocycles. The van der Waals surface area contributed by atoms with Gasteiger partial charge in [0, 0.05) is 30.5 Å². The number of carbonyl (C=O) groups is 1. The lowest BCUT2D eigenvalue weighted by Crippen LogP contribution is -2.46. The standard InChI is InChI=1S/C13H16ClNO3S/c14-11-3-1-10(2-4-11)7-13(16)8-12-9-19(17,18)6-5-15-12/h1-4,12,15H,5-9H2. The third kappa shape index (κ3) is 4.60. The number of rotatable bonds is 4. The van der Waals surface area contributed by atoms with Crippen LogP contribution < -0.4 is 5.32 Å². The number of hydrogen-bond acceptors (Lipinski definition) is 4. The Morgan fingerprint density at radius 3 is 2.63 bits per heavy atom. The Bertz CT molecular complexity index is 554. The van der Waals surface area contributed by atoms with Gasteiger partial charge in [0.1, 0.15) is 5.78 Å². The van der Waals surface area contributed by atoms with Gasteiger partial charge in [-0.15, -0.1) is 0 Å². The normalized spacial score (nSPS) is 22.1. The van der Waals surface area contributed by atoms with Crippen molar-refractivity contribution in [2.24, 2.45) is 0 Å². The SMILES string of the molecule is O=C(Cc1ccc(Cl)cc1)CC1CS(=O)(=O)CCN1. The van der Waals surface area contributed by atoms with Crippen molar-refractivity contribution in [1.29, 1.82) is 0 Å². The molecule has 1 aliphatic rings. The predicted molar refractivity (Wildman–Crippen MR) is 75.2 cm³/mol. The molecule has 1 aromatic carbocycles. The molecule has 1 aliphatic heterocycles. The largest absolute Gasteiger partial charge is 0.312 e. The Hall–Kier alpha value is -0.910. The van der Waals surface area contributed by atoms with Gasteiger partial charge in [-0.25, -0.2) is 8.42 Å². The molecule has 104 valence electrons. The van der Waals surface area contributed by atoms with Gasteiger partial charge in [0.15, 0.2) is 9.84 Å². The highest BCUT2D eigenvalue weighted by Gasteiger charge is 2.25. The highest BCUT2D eigenvalue weighted by Crippen LogP contribution is 2.12. The first kappa shape index (κ1) is 14.5. The van der Waals surface area contributed by atoms with Crippen molar-refractivity contribution in [1.82, 2.24) is 5.32 Å². The van der Waals surface area contributed by atoms with E-state index < -0.39 is 9.84 Å². The van der Waals surface area contributed by atoms with Crippen LogP contribution in [0.2, 0.25) is 5.02 Å². The van der Waals surface area contributed by atoms with Gasteiger partial charge in [-0.2, -0.15) is 0 Å². The number of benzene rings is 1. The summed E-state index contributed by atoms with van der Waals surface area (Å²) in [6.07, 6.45) is 0.567. The van der Waals surface area contributed by atoms with Crippen LogP contribution in [0.4, 0.5) is 0 Å². The van der Waals surface area contributed by atoms with E-state index in [-0.39, 0.29) is 29.8 Å². The van der Waals surface area contributed by atoms with Crippen molar-refractivity contribution in [3.8, 4) is 0 Å². The summed E-state index contributed by atoms with van der Waals surface area (Å²) in [4.78, 5) is 11.9. The fourth-order valence-corrected chi connectivity index (χ4v) is 3.75. The van der Waals surface area contributed by atoms with Crippen LogP contribution in [0.15, 0.2) is 24.3 Å². The zero-order valence-corrected chi connectivity index (χ0v) is 12.0. The van der Waals surface area contributed by atoms with Crippen molar-refractivity contribution in [2.75, 3.05) is 18.1 Å². The van der Waals surface area contributed by atoms with Gasteiger partial charge in [0.05, 0.1) is 11.5 Å². The average Bonchev–Trinajstić information content (AvgIpc) is 2.30. The first-order chi connectivity index (χ1) is 8.94. The number of halogens is 1. The second-order valence-corrected chi connectivity index (χ2v) is 7.48. The van der Waals surface area contributed by atoms with E-state index in [0.717, 1.165) is 5.56 Å². The predicted octanol–water partition coefficient (Wildman–Crippen LogP) is 1.23. The van der Waals surface area contributed by atoms with Crippen LogP contribution in [-0.4, -0.2) is 38.3 Å². The van der Waals surface area contributed by atoms with Crippen LogP contribution in [0.5, 0.6) is 0 Å². The number of nitrogens with one attached hydrogen (secondary N) is 1. The fraction of sp³-hybridized carbons (Fsp3) is 0.462. The van der Waals surface area contributed by atoms with Gasteiger partial charge >= 0.3 is 0 Å². The molecule has 1 aromatic rings. The molecule has 4 nitrogen and oxygen atoms in total. The number of ketones is 1. The van der Waals surface area contributed by atoms with Crippen LogP contribution in [0.1, 0.15) is 12.0 Å². The zero-order valence-electron chi connectivity index (χ0n) is 10.4. The first-order valence-electron chi connectivity index (χ1n) is 6.14. The number of hydrogen-bond donors (Lipinski definition) is 1. The molecule has 6 heteroatoms. The zero-order chi connectivity index (χ0) is 13.9. The molecular formula is C13H16ClNO3S. The molecule has 0 radical (unpaired) electrons. The average molecular weight is 302 g/mol. The van der Waals surface area contributed by atoms with E-state index >= 15 is 0 Å². The molecule has 1 unspecified atom stereocenters. The highest BCUT2D eigenvalue weighted by atomic mass is 35.5. The van der Waals surface area contributed by atoms with E-state index in [4.69, 9.17) is 11.6 Å². The minimum absolute atomic E-state index is 0.0388. The van der Waals surface area contributed by atoms with Gasteiger partial charge in [-0.1, -0.05) is 23.7 Å². The lowest BCUT2D eigenvalue weighted by atomic mass is 10.0. The molecule has 0 aromatic heterocycles. The molecule has 0 spiro atoms. The molecule has 1 fully saturated rings. The third-order valence-electron chi connectivity index (χ3n) is 3.09. The molecule has 0 aliphatic carbocycles. The van der Waals surface area contributed by atoms with Crippen LogP contribution in [0, 0.1) is 0 Å². The monoisotopic (exact) mass is 301 g/mol. The Morgan fingerprint density at radius 1 is 1.32 bits per heavy atom. The van der Waals surface area contributed by atoms with Crippen molar-refractivity contribution >= 4 is 27.2 Å². The minimum Gasteiger partial charge on any atom is -0.312 e. The summed E-state index contributed by atoms with van der Waals surface area (Å²) < 4.78 is 22.9. The van der Waals surface area contributed by atoms with E-state index in [9.17, 15) is 13.2 Å². The molecule has 19 heavy (non-hydrogen) atoms. The van der Waals surface area contributed by atoms with Crippen LogP contribution >= 0.6 is 11.6 Å². The van der Waals surface area contributed by atoms with E-state index in [1.165, 1.54) is 0 Å². The van der Waals surface area contributed by atoms with Gasteiger partial charge in [0.2, 0.25) is 0 Å². The van der Waals surface area contributed by atoms with Gasteiger partial charge < -0.3 is 5.32 Å². The molecule has 1 saturated heterocycles. The summed E-state index contributed by atoms with van der Waals surface area (Å²) in [5.41, 5.74) is 0.896. The maximum absolute atomic E-state index is 11.9. The summed E-state index contributed by atoms with van der Waals surface area (Å²) in [6.45, 7) is 0.432. The van der Waals surface area contributed by atoms with E-state index in [1.807, 2.05) is 12.1 Å². The van der Waals surface area contributed by atoms with Crippen LogP contribution in [0.25, 0.3) is 0 Å².